The molecule has 1 aromatic carbocycles. The average molecular weight is 405 g/mol. The quantitative estimate of drug-likeness (QED) is 0.763. The van der Waals surface area contributed by atoms with E-state index in [2.05, 4.69) is 4.74 Å². The van der Waals surface area contributed by atoms with Crippen LogP contribution in [0.4, 0.5) is 17.6 Å². The van der Waals surface area contributed by atoms with Crippen LogP contribution >= 0.6 is 0 Å². The number of aliphatic carboxylic acids is 1. The monoisotopic (exact) mass is 405 g/mol. The van der Waals surface area contributed by atoms with Gasteiger partial charge in [0.05, 0.1) is 11.5 Å². The third-order valence-electron chi connectivity index (χ3n) is 5.34. The first-order valence-electron chi connectivity index (χ1n) is 8.70. The Balaban J connectivity index is 1.86. The van der Waals surface area contributed by atoms with E-state index in [1.807, 2.05) is 0 Å². The van der Waals surface area contributed by atoms with Crippen LogP contribution < -0.4 is 4.74 Å². The largest absolute Gasteiger partial charge is 0.481 e. The fourth-order valence-electron chi connectivity index (χ4n) is 3.84. The van der Waals surface area contributed by atoms with Crippen molar-refractivity contribution in [3.05, 3.63) is 29.8 Å². The van der Waals surface area contributed by atoms with E-state index in [1.54, 1.807) is 0 Å². The zero-order valence-electron chi connectivity index (χ0n) is 14.7. The number of alkyl halides is 4. The number of para-hydroxylation sites is 1. The highest BCUT2D eigenvalue weighted by molar-refractivity contribution is 5.97. The molecule has 1 unspecified atom stereocenters. The van der Waals surface area contributed by atoms with Crippen LogP contribution in [0.25, 0.3) is 0 Å². The highest BCUT2D eigenvalue weighted by atomic mass is 19.3. The minimum atomic E-state index is -4.76. The van der Waals surface area contributed by atoms with Gasteiger partial charge in [0.2, 0.25) is 0 Å². The number of hydrogen-bond acceptors (Lipinski definition) is 4. The molecule has 154 valence electrons. The van der Waals surface area contributed by atoms with Crippen LogP contribution in [0.15, 0.2) is 24.3 Å². The maximum absolute atomic E-state index is 13.3. The summed E-state index contributed by atoms with van der Waals surface area (Å²) >= 11 is 0. The Hall–Kier alpha value is -2.36. The SMILES string of the molecule is O=C(O)C1CN(C(=O)c2ccccc2OC(F)(F)C(F)F)CC12CCOCC2. The molecule has 2 aliphatic rings. The molecule has 10 heteroatoms. The Kier molecular flexibility index (Phi) is 5.51. The summed E-state index contributed by atoms with van der Waals surface area (Å²) < 4.78 is 61.0. The summed E-state index contributed by atoms with van der Waals surface area (Å²) in [6, 6.07) is 4.84. The molecule has 0 saturated carbocycles. The van der Waals surface area contributed by atoms with Gasteiger partial charge in [0.25, 0.3) is 5.91 Å². The van der Waals surface area contributed by atoms with Gasteiger partial charge in [-0.2, -0.15) is 17.6 Å². The lowest BCUT2D eigenvalue weighted by atomic mass is 9.72. The van der Waals surface area contributed by atoms with E-state index in [0.29, 0.717) is 26.1 Å². The molecule has 2 saturated heterocycles. The number of carboxylic acids is 1. The Morgan fingerprint density at radius 2 is 1.89 bits per heavy atom. The molecule has 2 aliphatic heterocycles. The van der Waals surface area contributed by atoms with E-state index >= 15 is 0 Å². The fourth-order valence-corrected chi connectivity index (χ4v) is 3.84. The number of carbonyl (C=O) groups is 2. The maximum Gasteiger partial charge on any atom is 0.461 e. The normalized spacial score (nSPS) is 21.9. The topological polar surface area (TPSA) is 76.1 Å². The zero-order valence-corrected chi connectivity index (χ0v) is 14.7. The number of hydrogen-bond donors (Lipinski definition) is 1. The summed E-state index contributed by atoms with van der Waals surface area (Å²) in [5.41, 5.74) is -0.987. The first kappa shape index (κ1) is 20.4. The van der Waals surface area contributed by atoms with E-state index < -0.39 is 41.5 Å². The number of ether oxygens (including phenoxy) is 2. The number of likely N-dealkylation sites (tertiary alicyclic amines) is 1. The summed E-state index contributed by atoms with van der Waals surface area (Å²) in [5, 5.41) is 9.58. The van der Waals surface area contributed by atoms with Gasteiger partial charge in [-0.05, 0) is 25.0 Å². The van der Waals surface area contributed by atoms with Crippen molar-refractivity contribution in [1.82, 2.24) is 4.90 Å². The third-order valence-corrected chi connectivity index (χ3v) is 5.34. The van der Waals surface area contributed by atoms with E-state index in [0.717, 1.165) is 6.07 Å². The summed E-state index contributed by atoms with van der Waals surface area (Å²) in [4.78, 5) is 25.9. The van der Waals surface area contributed by atoms with Crippen molar-refractivity contribution in [3.8, 4) is 5.75 Å². The molecule has 2 heterocycles. The van der Waals surface area contributed by atoms with Gasteiger partial charge in [0, 0.05) is 31.7 Å². The molecule has 6 nitrogen and oxygen atoms in total. The van der Waals surface area contributed by atoms with E-state index in [9.17, 15) is 32.3 Å². The molecule has 1 amide bonds. The van der Waals surface area contributed by atoms with Gasteiger partial charge >= 0.3 is 18.5 Å². The molecule has 0 radical (unpaired) electrons. The average Bonchev–Trinajstić information content (AvgIpc) is 3.01. The lowest BCUT2D eigenvalue weighted by Gasteiger charge is -2.36. The van der Waals surface area contributed by atoms with Crippen molar-refractivity contribution >= 4 is 11.9 Å². The Morgan fingerprint density at radius 3 is 2.50 bits per heavy atom. The van der Waals surface area contributed by atoms with Gasteiger partial charge in [-0.25, -0.2) is 0 Å². The van der Waals surface area contributed by atoms with Gasteiger partial charge in [0.15, 0.2) is 0 Å². The van der Waals surface area contributed by atoms with Crippen molar-refractivity contribution in [1.29, 1.82) is 0 Å². The number of halogens is 4. The van der Waals surface area contributed by atoms with Crippen molar-refractivity contribution in [2.75, 3.05) is 26.3 Å². The van der Waals surface area contributed by atoms with Crippen LogP contribution in [0.3, 0.4) is 0 Å². The van der Waals surface area contributed by atoms with Gasteiger partial charge in [0.1, 0.15) is 5.75 Å². The molecule has 1 spiro atoms. The highest BCUT2D eigenvalue weighted by Gasteiger charge is 2.52. The second kappa shape index (κ2) is 7.57. The summed E-state index contributed by atoms with van der Waals surface area (Å²) in [5.74, 6) is -3.30. The van der Waals surface area contributed by atoms with Crippen LogP contribution in [0, 0.1) is 11.3 Å². The second-order valence-electron chi connectivity index (χ2n) is 7.01. The predicted molar refractivity (Wildman–Crippen MR) is 87.5 cm³/mol. The fraction of sp³-hybridized carbons (Fsp3) is 0.556. The Morgan fingerprint density at radius 1 is 1.25 bits per heavy atom. The smallest absolute Gasteiger partial charge is 0.461 e. The van der Waals surface area contributed by atoms with Gasteiger partial charge in [-0.15, -0.1) is 0 Å². The number of carbonyl (C=O) groups excluding carboxylic acids is 1. The van der Waals surface area contributed by atoms with Crippen LogP contribution in [0.2, 0.25) is 0 Å². The molecule has 0 bridgehead atoms. The molecule has 1 aromatic rings. The van der Waals surface area contributed by atoms with Crippen molar-refractivity contribution in [2.45, 2.75) is 25.4 Å². The molecule has 0 aliphatic carbocycles. The van der Waals surface area contributed by atoms with E-state index in [-0.39, 0.29) is 18.7 Å². The molecule has 1 N–H and O–H groups in total. The Labute approximate surface area is 158 Å². The minimum absolute atomic E-state index is 0.103. The molecular formula is C18H19F4NO5. The molecule has 0 aromatic heterocycles. The highest BCUT2D eigenvalue weighted by Crippen LogP contribution is 2.45. The molecule has 1 atom stereocenters. The standard InChI is InChI=1S/C18H19F4NO5/c19-16(20)18(21,22)28-13-4-2-1-3-11(13)14(24)23-9-12(15(25)26)17(10-23)5-7-27-8-6-17/h1-4,12,16H,5-10H2,(H,25,26). The van der Waals surface area contributed by atoms with Crippen molar-refractivity contribution < 1.29 is 41.7 Å². The minimum Gasteiger partial charge on any atom is -0.481 e. The maximum atomic E-state index is 13.3. The number of benzene rings is 1. The lowest BCUT2D eigenvalue weighted by molar-refractivity contribution is -0.253. The number of nitrogens with zero attached hydrogens (tertiary/aromatic N) is 1. The third kappa shape index (κ3) is 3.78. The van der Waals surface area contributed by atoms with E-state index in [4.69, 9.17) is 4.74 Å². The second-order valence-corrected chi connectivity index (χ2v) is 7.01. The molecule has 2 fully saturated rings. The first-order chi connectivity index (χ1) is 13.2. The van der Waals surface area contributed by atoms with Crippen molar-refractivity contribution in [2.24, 2.45) is 11.3 Å². The van der Waals surface area contributed by atoms with Gasteiger partial charge < -0.3 is 19.5 Å². The zero-order chi connectivity index (χ0) is 20.5. The van der Waals surface area contributed by atoms with Crippen LogP contribution in [0.1, 0.15) is 23.2 Å². The molecule has 3 rings (SSSR count). The number of amides is 1. The summed E-state index contributed by atoms with van der Waals surface area (Å²) in [6.07, 6.45) is -7.92. The first-order valence-corrected chi connectivity index (χ1v) is 8.70. The van der Waals surface area contributed by atoms with E-state index in [1.165, 1.54) is 23.1 Å². The van der Waals surface area contributed by atoms with Gasteiger partial charge in [-0.1, -0.05) is 12.1 Å². The predicted octanol–water partition coefficient (Wildman–Crippen LogP) is 2.88. The Bertz CT molecular complexity index is 751. The van der Waals surface area contributed by atoms with Crippen molar-refractivity contribution in [3.63, 3.8) is 0 Å². The van der Waals surface area contributed by atoms with Gasteiger partial charge in [-0.3, -0.25) is 9.59 Å². The lowest BCUT2D eigenvalue weighted by Crippen LogP contribution is -2.40. The number of carboxylic acid groups (broad SMARTS) is 1. The summed E-state index contributed by atoms with van der Waals surface area (Å²) in [6.45, 7) is 0.748. The summed E-state index contributed by atoms with van der Waals surface area (Å²) in [7, 11) is 0. The molecular weight excluding hydrogens is 386 g/mol. The van der Waals surface area contributed by atoms with Crippen LogP contribution in [-0.4, -0.2) is 60.7 Å². The number of rotatable bonds is 5. The van der Waals surface area contributed by atoms with Crippen LogP contribution in [0.5, 0.6) is 5.75 Å². The molecule has 28 heavy (non-hydrogen) atoms. The van der Waals surface area contributed by atoms with Crippen LogP contribution in [-0.2, 0) is 9.53 Å².